The van der Waals surface area contributed by atoms with Crippen LogP contribution in [0.1, 0.15) is 11.1 Å². The number of methoxy groups -OCH3 is 1. The van der Waals surface area contributed by atoms with E-state index in [2.05, 4.69) is 15.5 Å². The first-order valence-corrected chi connectivity index (χ1v) is 7.51. The van der Waals surface area contributed by atoms with E-state index < -0.39 is 0 Å². The predicted octanol–water partition coefficient (Wildman–Crippen LogP) is 3.33. The van der Waals surface area contributed by atoms with Crippen molar-refractivity contribution >= 4 is 5.69 Å². The molecule has 3 rings (SSSR count). The summed E-state index contributed by atoms with van der Waals surface area (Å²) < 4.78 is 19.2. The Morgan fingerprint density at radius 1 is 1.21 bits per heavy atom. The summed E-state index contributed by atoms with van der Waals surface area (Å²) in [6.07, 6.45) is 1.67. The zero-order valence-electron chi connectivity index (χ0n) is 13.2. The van der Waals surface area contributed by atoms with Crippen molar-refractivity contribution in [3.8, 4) is 17.0 Å². The molecule has 3 N–H and O–H groups in total. The minimum absolute atomic E-state index is 0.106. The zero-order chi connectivity index (χ0) is 16.9. The third-order valence-corrected chi connectivity index (χ3v) is 3.79. The van der Waals surface area contributed by atoms with Crippen molar-refractivity contribution in [2.24, 2.45) is 0 Å². The van der Waals surface area contributed by atoms with Crippen molar-refractivity contribution in [1.29, 1.82) is 0 Å². The molecule has 0 unspecified atom stereocenters. The quantitative estimate of drug-likeness (QED) is 0.649. The molecule has 0 saturated carbocycles. The maximum absolute atomic E-state index is 14.0. The molecule has 0 aliphatic heterocycles. The Bertz CT molecular complexity index is 833. The average Bonchev–Trinajstić information content (AvgIpc) is 3.08. The number of aromatic nitrogens is 2. The number of aromatic amines is 1. The van der Waals surface area contributed by atoms with Gasteiger partial charge in [-0.25, -0.2) is 4.39 Å². The van der Waals surface area contributed by atoms with E-state index in [0.29, 0.717) is 29.1 Å². The van der Waals surface area contributed by atoms with E-state index in [1.807, 2.05) is 12.1 Å². The molecule has 6 heteroatoms. The smallest absolute Gasteiger partial charge is 0.132 e. The molecule has 0 atom stereocenters. The normalized spacial score (nSPS) is 10.6. The van der Waals surface area contributed by atoms with Gasteiger partial charge in [-0.1, -0.05) is 12.1 Å². The van der Waals surface area contributed by atoms with Gasteiger partial charge in [-0.05, 0) is 30.3 Å². The Balaban J connectivity index is 1.79. The van der Waals surface area contributed by atoms with Gasteiger partial charge in [0.05, 0.1) is 25.6 Å². The lowest BCUT2D eigenvalue weighted by Crippen LogP contribution is -2.02. The first-order chi connectivity index (χ1) is 11.7. The summed E-state index contributed by atoms with van der Waals surface area (Å²) in [6.45, 7) is 0.363. The van der Waals surface area contributed by atoms with E-state index in [9.17, 15) is 9.50 Å². The molecule has 0 aliphatic carbocycles. The van der Waals surface area contributed by atoms with Gasteiger partial charge >= 0.3 is 0 Å². The summed E-state index contributed by atoms with van der Waals surface area (Å²) >= 11 is 0. The molecule has 0 amide bonds. The van der Waals surface area contributed by atoms with E-state index in [1.54, 1.807) is 37.6 Å². The average molecular weight is 327 g/mol. The Morgan fingerprint density at radius 3 is 2.79 bits per heavy atom. The number of halogens is 1. The van der Waals surface area contributed by atoms with Gasteiger partial charge in [-0.3, -0.25) is 5.10 Å². The molecule has 0 radical (unpaired) electrons. The van der Waals surface area contributed by atoms with Crippen LogP contribution in [0, 0.1) is 5.82 Å². The second-order valence-corrected chi connectivity index (χ2v) is 5.29. The van der Waals surface area contributed by atoms with Gasteiger partial charge in [0.15, 0.2) is 0 Å². The number of anilines is 1. The highest BCUT2D eigenvalue weighted by atomic mass is 19.1. The van der Waals surface area contributed by atoms with Crippen LogP contribution in [0.3, 0.4) is 0 Å². The number of nitrogens with one attached hydrogen (secondary N) is 2. The topological polar surface area (TPSA) is 70.2 Å². The highest BCUT2D eigenvalue weighted by Gasteiger charge is 2.12. The van der Waals surface area contributed by atoms with Crippen molar-refractivity contribution in [2.45, 2.75) is 13.2 Å². The summed E-state index contributed by atoms with van der Waals surface area (Å²) in [7, 11) is 1.56. The number of H-pyrrole nitrogens is 1. The van der Waals surface area contributed by atoms with Crippen LogP contribution in [0.25, 0.3) is 11.3 Å². The molecule has 0 bridgehead atoms. The molecule has 2 aromatic carbocycles. The molecule has 124 valence electrons. The molecule has 24 heavy (non-hydrogen) atoms. The number of ether oxygens (including phenoxy) is 1. The van der Waals surface area contributed by atoms with E-state index in [-0.39, 0.29) is 12.4 Å². The monoisotopic (exact) mass is 327 g/mol. The minimum Gasteiger partial charge on any atom is -0.496 e. The molecule has 0 fully saturated rings. The van der Waals surface area contributed by atoms with Crippen LogP contribution in [-0.4, -0.2) is 22.4 Å². The van der Waals surface area contributed by atoms with Crippen molar-refractivity contribution in [3.05, 3.63) is 65.6 Å². The number of aliphatic hydroxyl groups excluding tert-OH is 1. The lowest BCUT2D eigenvalue weighted by Gasteiger charge is -2.11. The van der Waals surface area contributed by atoms with Crippen molar-refractivity contribution in [3.63, 3.8) is 0 Å². The van der Waals surface area contributed by atoms with Gasteiger partial charge in [0.25, 0.3) is 0 Å². The first-order valence-electron chi connectivity index (χ1n) is 7.51. The summed E-state index contributed by atoms with van der Waals surface area (Å²) in [5.41, 5.74) is 3.51. The molecule has 3 aromatic rings. The Labute approximate surface area is 139 Å². The maximum atomic E-state index is 14.0. The molecule has 1 aromatic heterocycles. The van der Waals surface area contributed by atoms with E-state index >= 15 is 0 Å². The molecule has 0 aliphatic rings. The number of hydrogen-bond acceptors (Lipinski definition) is 4. The van der Waals surface area contributed by atoms with Crippen molar-refractivity contribution in [2.75, 3.05) is 12.4 Å². The van der Waals surface area contributed by atoms with Gasteiger partial charge in [0.2, 0.25) is 0 Å². The molecule has 0 saturated heterocycles. The third kappa shape index (κ3) is 3.23. The zero-order valence-corrected chi connectivity index (χ0v) is 13.2. The fraction of sp³-hybridized carbons (Fsp3) is 0.167. The predicted molar refractivity (Wildman–Crippen MR) is 90.2 cm³/mol. The molecular formula is C18H18FN3O2. The van der Waals surface area contributed by atoms with Crippen molar-refractivity contribution in [1.82, 2.24) is 10.2 Å². The second-order valence-electron chi connectivity index (χ2n) is 5.29. The highest BCUT2D eigenvalue weighted by molar-refractivity contribution is 5.64. The standard InChI is InChI=1S/C18H18FN3O2/c1-24-17-7-6-14(8-12(17)11-23)20-9-13-10-21-22-18(13)15-4-2-3-5-16(15)19/h2-8,10,20,23H,9,11H2,1H3,(H,21,22). The molecule has 0 spiro atoms. The second kappa shape index (κ2) is 7.14. The van der Waals surface area contributed by atoms with Crippen molar-refractivity contribution < 1.29 is 14.2 Å². The van der Waals surface area contributed by atoms with Crippen LogP contribution in [0.15, 0.2) is 48.7 Å². The van der Waals surface area contributed by atoms with Gasteiger partial charge in [0.1, 0.15) is 11.6 Å². The van der Waals surface area contributed by atoms with Crippen LogP contribution in [-0.2, 0) is 13.2 Å². The number of hydrogen-bond donors (Lipinski definition) is 3. The third-order valence-electron chi connectivity index (χ3n) is 3.79. The van der Waals surface area contributed by atoms with Crippen LogP contribution in [0.5, 0.6) is 5.75 Å². The minimum atomic E-state index is -0.296. The van der Waals surface area contributed by atoms with Crippen LogP contribution in [0.2, 0.25) is 0 Å². The van der Waals surface area contributed by atoms with Gasteiger partial charge in [0, 0.05) is 28.9 Å². The highest BCUT2D eigenvalue weighted by Crippen LogP contribution is 2.26. The van der Waals surface area contributed by atoms with Gasteiger partial charge in [-0.15, -0.1) is 0 Å². The van der Waals surface area contributed by atoms with E-state index in [1.165, 1.54) is 6.07 Å². The van der Waals surface area contributed by atoms with E-state index in [0.717, 1.165) is 11.3 Å². The van der Waals surface area contributed by atoms with Crippen LogP contribution >= 0.6 is 0 Å². The SMILES string of the molecule is COc1ccc(NCc2cn[nH]c2-c2ccccc2F)cc1CO. The number of nitrogens with zero attached hydrogens (tertiary/aromatic N) is 1. The molecular weight excluding hydrogens is 309 g/mol. The Hall–Kier alpha value is -2.86. The summed E-state index contributed by atoms with van der Waals surface area (Å²) in [5.74, 6) is 0.341. The summed E-state index contributed by atoms with van der Waals surface area (Å²) in [6, 6.07) is 12.0. The number of aliphatic hydroxyl groups is 1. The van der Waals surface area contributed by atoms with Crippen LogP contribution < -0.4 is 10.1 Å². The fourth-order valence-electron chi connectivity index (χ4n) is 2.55. The summed E-state index contributed by atoms with van der Waals surface area (Å²) in [5, 5.41) is 19.5. The van der Waals surface area contributed by atoms with E-state index in [4.69, 9.17) is 4.74 Å². The Kier molecular flexibility index (Phi) is 4.77. The Morgan fingerprint density at radius 2 is 2.04 bits per heavy atom. The number of benzene rings is 2. The largest absolute Gasteiger partial charge is 0.496 e. The maximum Gasteiger partial charge on any atom is 0.132 e. The van der Waals surface area contributed by atoms with Crippen LogP contribution in [0.4, 0.5) is 10.1 Å². The lowest BCUT2D eigenvalue weighted by atomic mass is 10.1. The molecule has 1 heterocycles. The summed E-state index contributed by atoms with van der Waals surface area (Å²) in [4.78, 5) is 0. The van der Waals surface area contributed by atoms with Gasteiger partial charge < -0.3 is 15.2 Å². The first kappa shape index (κ1) is 16.0. The number of rotatable bonds is 6. The molecule has 5 nitrogen and oxygen atoms in total. The fourth-order valence-corrected chi connectivity index (χ4v) is 2.55. The van der Waals surface area contributed by atoms with Gasteiger partial charge in [-0.2, -0.15) is 5.10 Å². The lowest BCUT2D eigenvalue weighted by molar-refractivity contribution is 0.274.